The molecule has 0 amide bonds. The third-order valence-electron chi connectivity index (χ3n) is 2.46. The van der Waals surface area contributed by atoms with Crippen molar-refractivity contribution in [2.45, 2.75) is 20.8 Å². The Labute approximate surface area is 76.8 Å². The maximum absolute atomic E-state index is 2.36. The Hall–Kier alpha value is -0.350. The lowest BCUT2D eigenvalue weighted by Gasteiger charge is -2.14. The molecule has 1 aromatic carbocycles. The maximum atomic E-state index is 2.36. The fourth-order valence-corrected chi connectivity index (χ4v) is 2.75. The summed E-state index contributed by atoms with van der Waals surface area (Å²) in [5.41, 5.74) is 2.92. The van der Waals surface area contributed by atoms with Crippen molar-refractivity contribution < 1.29 is 0 Å². The van der Waals surface area contributed by atoms with Gasteiger partial charge in [-0.05, 0) is 43.1 Å². The highest BCUT2D eigenvalue weighted by Gasteiger charge is 2.05. The normalized spacial score (nSPS) is 13.0. The van der Waals surface area contributed by atoms with Crippen molar-refractivity contribution in [3.05, 3.63) is 29.3 Å². The molecule has 1 atom stereocenters. The van der Waals surface area contributed by atoms with Gasteiger partial charge in [-0.3, -0.25) is 0 Å². The molecule has 0 aliphatic heterocycles. The SMILES string of the molecule is CCP(C)c1cccc(C)c1C. The zero-order valence-electron chi connectivity index (χ0n) is 8.39. The first kappa shape index (κ1) is 9.74. The van der Waals surface area contributed by atoms with Gasteiger partial charge in [0.05, 0.1) is 0 Å². The van der Waals surface area contributed by atoms with Crippen LogP contribution < -0.4 is 5.30 Å². The second-order valence-electron chi connectivity index (χ2n) is 3.23. The molecular formula is C11H17P. The van der Waals surface area contributed by atoms with E-state index in [0.717, 1.165) is 0 Å². The quantitative estimate of drug-likeness (QED) is 0.613. The van der Waals surface area contributed by atoms with E-state index in [1.165, 1.54) is 17.3 Å². The van der Waals surface area contributed by atoms with E-state index in [9.17, 15) is 0 Å². The molecule has 0 aliphatic rings. The van der Waals surface area contributed by atoms with Crippen LogP contribution in [-0.4, -0.2) is 12.8 Å². The molecule has 0 bridgehead atoms. The van der Waals surface area contributed by atoms with Gasteiger partial charge < -0.3 is 0 Å². The fourth-order valence-electron chi connectivity index (χ4n) is 1.32. The van der Waals surface area contributed by atoms with Crippen molar-refractivity contribution in [3.63, 3.8) is 0 Å². The van der Waals surface area contributed by atoms with Gasteiger partial charge in [0.2, 0.25) is 0 Å². The summed E-state index contributed by atoms with van der Waals surface area (Å²) in [6, 6.07) is 6.64. The highest BCUT2D eigenvalue weighted by atomic mass is 31.1. The summed E-state index contributed by atoms with van der Waals surface area (Å²) in [6.45, 7) is 9.06. The smallest absolute Gasteiger partial charge is 0.0211 e. The Kier molecular flexibility index (Phi) is 3.29. The highest BCUT2D eigenvalue weighted by Crippen LogP contribution is 2.30. The lowest BCUT2D eigenvalue weighted by Crippen LogP contribution is -2.07. The molecule has 0 saturated carbocycles. The van der Waals surface area contributed by atoms with Crippen LogP contribution in [0.2, 0.25) is 0 Å². The molecule has 0 nitrogen and oxygen atoms in total. The molecule has 0 fully saturated rings. The average molecular weight is 180 g/mol. The fraction of sp³-hybridized carbons (Fsp3) is 0.455. The molecule has 0 heterocycles. The Balaban J connectivity index is 3.07. The molecule has 0 saturated heterocycles. The van der Waals surface area contributed by atoms with Crippen molar-refractivity contribution in [2.75, 3.05) is 12.8 Å². The average Bonchev–Trinajstić information content (AvgIpc) is 2.08. The first-order valence-electron chi connectivity index (χ1n) is 4.44. The van der Waals surface area contributed by atoms with Crippen molar-refractivity contribution in [3.8, 4) is 0 Å². The van der Waals surface area contributed by atoms with E-state index in [2.05, 4.69) is 45.6 Å². The van der Waals surface area contributed by atoms with Crippen molar-refractivity contribution in [1.82, 2.24) is 0 Å². The molecule has 1 rings (SSSR count). The van der Waals surface area contributed by atoms with E-state index in [1.54, 1.807) is 5.30 Å². The van der Waals surface area contributed by atoms with Crippen LogP contribution in [-0.2, 0) is 0 Å². The van der Waals surface area contributed by atoms with Gasteiger partial charge in [-0.2, -0.15) is 0 Å². The first-order chi connectivity index (χ1) is 5.66. The van der Waals surface area contributed by atoms with Crippen molar-refractivity contribution >= 4 is 13.2 Å². The van der Waals surface area contributed by atoms with Crippen LogP contribution in [0.4, 0.5) is 0 Å². The second kappa shape index (κ2) is 4.05. The topological polar surface area (TPSA) is 0 Å². The van der Waals surface area contributed by atoms with Crippen molar-refractivity contribution in [1.29, 1.82) is 0 Å². The summed E-state index contributed by atoms with van der Waals surface area (Å²) in [4.78, 5) is 0. The van der Waals surface area contributed by atoms with Crippen LogP contribution in [0, 0.1) is 13.8 Å². The second-order valence-corrected chi connectivity index (χ2v) is 5.74. The molecule has 0 aromatic heterocycles. The molecule has 0 spiro atoms. The number of hydrogen-bond acceptors (Lipinski definition) is 0. The van der Waals surface area contributed by atoms with Crippen LogP contribution in [0.15, 0.2) is 18.2 Å². The van der Waals surface area contributed by atoms with Gasteiger partial charge in [0.15, 0.2) is 0 Å². The molecule has 1 aromatic rings. The first-order valence-corrected chi connectivity index (χ1v) is 6.41. The highest BCUT2D eigenvalue weighted by molar-refractivity contribution is 7.64. The summed E-state index contributed by atoms with van der Waals surface area (Å²) >= 11 is 0. The molecular weight excluding hydrogens is 163 g/mol. The Morgan fingerprint density at radius 1 is 1.25 bits per heavy atom. The largest absolute Gasteiger partial charge is 0.0785 e. The van der Waals surface area contributed by atoms with Crippen LogP contribution in [0.1, 0.15) is 18.1 Å². The Bertz CT molecular complexity index is 266. The maximum Gasteiger partial charge on any atom is -0.0211 e. The Morgan fingerprint density at radius 3 is 2.50 bits per heavy atom. The van der Waals surface area contributed by atoms with Gasteiger partial charge in [0, 0.05) is 0 Å². The molecule has 12 heavy (non-hydrogen) atoms. The van der Waals surface area contributed by atoms with Crippen LogP contribution in [0.25, 0.3) is 0 Å². The minimum Gasteiger partial charge on any atom is -0.0785 e. The lowest BCUT2D eigenvalue weighted by atomic mass is 10.1. The molecule has 0 aliphatic carbocycles. The zero-order valence-corrected chi connectivity index (χ0v) is 9.28. The predicted octanol–water partition coefficient (Wildman–Crippen LogP) is 3.06. The van der Waals surface area contributed by atoms with Crippen LogP contribution >= 0.6 is 7.92 Å². The van der Waals surface area contributed by atoms with E-state index < -0.39 is 0 Å². The lowest BCUT2D eigenvalue weighted by molar-refractivity contribution is 1.36. The van der Waals surface area contributed by atoms with Gasteiger partial charge in [-0.15, -0.1) is 0 Å². The standard InChI is InChI=1S/C11H17P/c1-5-12(4)11-8-6-7-9(2)10(11)3/h6-8H,5H2,1-4H3. The number of aryl methyl sites for hydroxylation is 1. The van der Waals surface area contributed by atoms with Gasteiger partial charge in [-0.1, -0.05) is 33.0 Å². The summed E-state index contributed by atoms with van der Waals surface area (Å²) in [6.07, 6.45) is 1.29. The van der Waals surface area contributed by atoms with E-state index in [0.29, 0.717) is 0 Å². The monoisotopic (exact) mass is 180 g/mol. The van der Waals surface area contributed by atoms with E-state index in [4.69, 9.17) is 0 Å². The molecule has 1 unspecified atom stereocenters. The minimum atomic E-state index is 0.0895. The molecule has 1 heteroatoms. The van der Waals surface area contributed by atoms with Gasteiger partial charge >= 0.3 is 0 Å². The van der Waals surface area contributed by atoms with Gasteiger partial charge in [-0.25, -0.2) is 0 Å². The molecule has 0 N–H and O–H groups in total. The van der Waals surface area contributed by atoms with E-state index in [-0.39, 0.29) is 7.92 Å². The summed E-state index contributed by atoms with van der Waals surface area (Å²) in [5.74, 6) is 0. The van der Waals surface area contributed by atoms with Crippen LogP contribution in [0.5, 0.6) is 0 Å². The number of rotatable bonds is 2. The summed E-state index contributed by atoms with van der Waals surface area (Å²) in [7, 11) is 0.0895. The van der Waals surface area contributed by atoms with Gasteiger partial charge in [0.25, 0.3) is 0 Å². The third kappa shape index (κ3) is 1.87. The third-order valence-corrected chi connectivity index (χ3v) is 4.72. The molecule has 66 valence electrons. The minimum absolute atomic E-state index is 0.0895. The van der Waals surface area contributed by atoms with Crippen LogP contribution in [0.3, 0.4) is 0 Å². The van der Waals surface area contributed by atoms with E-state index >= 15 is 0 Å². The summed E-state index contributed by atoms with van der Waals surface area (Å²) in [5, 5.41) is 1.58. The number of hydrogen-bond donors (Lipinski definition) is 0. The Morgan fingerprint density at radius 2 is 1.92 bits per heavy atom. The van der Waals surface area contributed by atoms with Gasteiger partial charge in [0.1, 0.15) is 0 Å². The van der Waals surface area contributed by atoms with E-state index in [1.807, 2.05) is 0 Å². The number of benzene rings is 1. The summed E-state index contributed by atoms with van der Waals surface area (Å²) < 4.78 is 0. The van der Waals surface area contributed by atoms with Crippen molar-refractivity contribution in [2.24, 2.45) is 0 Å². The predicted molar refractivity (Wildman–Crippen MR) is 58.9 cm³/mol. The molecule has 0 radical (unpaired) electrons. The zero-order chi connectivity index (χ0) is 9.14.